The van der Waals surface area contributed by atoms with Crippen LogP contribution < -0.4 is 5.32 Å². The van der Waals surface area contributed by atoms with Crippen LogP contribution in [0.1, 0.15) is 32.0 Å². The number of carbonyl (C=O) groups is 2. The molecule has 3 rings (SSSR count). The maximum atomic E-state index is 12.7. The van der Waals surface area contributed by atoms with Gasteiger partial charge in [0, 0.05) is 10.7 Å². The number of aromatic nitrogens is 2. The predicted octanol–water partition coefficient (Wildman–Crippen LogP) is 4.59. The summed E-state index contributed by atoms with van der Waals surface area (Å²) in [6.07, 6.45) is 0. The van der Waals surface area contributed by atoms with E-state index in [1.165, 1.54) is 17.9 Å². The van der Waals surface area contributed by atoms with E-state index in [0.29, 0.717) is 28.5 Å². The number of carbonyl (C=O) groups excluding carboxylic acids is 2. The number of esters is 1. The number of hydrogen-bond donors (Lipinski definition) is 1. The summed E-state index contributed by atoms with van der Waals surface area (Å²) in [6.45, 7) is 2.04. The van der Waals surface area contributed by atoms with Gasteiger partial charge in [-0.1, -0.05) is 47.5 Å². The fourth-order valence-electron chi connectivity index (χ4n) is 2.74. The molecule has 0 aliphatic carbocycles. The van der Waals surface area contributed by atoms with Crippen LogP contribution in [-0.4, -0.2) is 28.8 Å². The highest BCUT2D eigenvalue weighted by atomic mass is 35.5. The lowest BCUT2D eigenvalue weighted by Gasteiger charge is -2.08. The normalized spacial score (nSPS) is 10.6. The number of methoxy groups -OCH3 is 1. The van der Waals surface area contributed by atoms with Crippen LogP contribution in [0.3, 0.4) is 0 Å². The second-order valence-corrected chi connectivity index (χ2v) is 6.79. The fourth-order valence-corrected chi connectivity index (χ4v) is 3.26. The molecule has 1 heterocycles. The Morgan fingerprint density at radius 3 is 2.61 bits per heavy atom. The SMILES string of the molecule is COC(=O)c1cccc(NC(=O)c2c(C)nn(Cc3ccccc3Cl)c2Cl)c1. The largest absolute Gasteiger partial charge is 0.465 e. The van der Waals surface area contributed by atoms with Gasteiger partial charge in [0.05, 0.1) is 30.5 Å². The molecule has 0 atom stereocenters. The van der Waals surface area contributed by atoms with Gasteiger partial charge in [0.2, 0.25) is 0 Å². The third kappa shape index (κ3) is 4.18. The zero-order chi connectivity index (χ0) is 20.3. The molecule has 28 heavy (non-hydrogen) atoms. The Morgan fingerprint density at radius 2 is 1.89 bits per heavy atom. The van der Waals surface area contributed by atoms with E-state index in [-0.39, 0.29) is 10.7 Å². The zero-order valence-corrected chi connectivity index (χ0v) is 16.7. The molecule has 6 nitrogen and oxygen atoms in total. The van der Waals surface area contributed by atoms with Crippen molar-refractivity contribution in [1.82, 2.24) is 9.78 Å². The van der Waals surface area contributed by atoms with Gasteiger partial charge in [0.1, 0.15) is 5.15 Å². The molecule has 0 aliphatic heterocycles. The molecule has 2 aromatic carbocycles. The van der Waals surface area contributed by atoms with Crippen molar-refractivity contribution in [1.29, 1.82) is 0 Å². The lowest BCUT2D eigenvalue weighted by molar-refractivity contribution is 0.0600. The number of amides is 1. The maximum Gasteiger partial charge on any atom is 0.337 e. The second-order valence-electron chi connectivity index (χ2n) is 6.03. The second kappa shape index (κ2) is 8.46. The molecule has 0 bridgehead atoms. The number of halogens is 2. The molecule has 1 amide bonds. The Labute approximate surface area is 172 Å². The van der Waals surface area contributed by atoms with Crippen molar-refractivity contribution in [2.45, 2.75) is 13.5 Å². The van der Waals surface area contributed by atoms with Gasteiger partial charge in [0.15, 0.2) is 0 Å². The maximum absolute atomic E-state index is 12.7. The smallest absolute Gasteiger partial charge is 0.337 e. The average Bonchev–Trinajstić information content (AvgIpc) is 2.96. The molecule has 0 radical (unpaired) electrons. The predicted molar refractivity (Wildman–Crippen MR) is 108 cm³/mol. The third-order valence-electron chi connectivity index (χ3n) is 4.11. The molecular formula is C20H17Cl2N3O3. The number of anilines is 1. The lowest BCUT2D eigenvalue weighted by Crippen LogP contribution is -2.14. The van der Waals surface area contributed by atoms with Crippen molar-refractivity contribution in [3.63, 3.8) is 0 Å². The molecule has 8 heteroatoms. The average molecular weight is 418 g/mol. The molecule has 144 valence electrons. The summed E-state index contributed by atoms with van der Waals surface area (Å²) in [5.74, 6) is -0.909. The van der Waals surface area contributed by atoms with E-state index in [1.54, 1.807) is 31.2 Å². The van der Waals surface area contributed by atoms with Gasteiger partial charge in [-0.3, -0.25) is 4.79 Å². The highest BCUT2D eigenvalue weighted by Crippen LogP contribution is 2.24. The van der Waals surface area contributed by atoms with Crippen LogP contribution in [0.2, 0.25) is 10.2 Å². The van der Waals surface area contributed by atoms with E-state index in [0.717, 1.165) is 5.56 Å². The van der Waals surface area contributed by atoms with Crippen molar-refractivity contribution in [3.8, 4) is 0 Å². The standard InChI is InChI=1S/C20H17Cl2N3O3/c1-12-17(18(22)25(24-12)11-14-6-3-4-9-16(14)21)19(26)23-15-8-5-7-13(10-15)20(27)28-2/h3-10H,11H2,1-2H3,(H,23,26). The number of nitrogens with one attached hydrogen (secondary N) is 1. The molecule has 0 fully saturated rings. The van der Waals surface area contributed by atoms with E-state index in [9.17, 15) is 9.59 Å². The Bertz CT molecular complexity index is 1050. The van der Waals surface area contributed by atoms with Gasteiger partial charge in [-0.2, -0.15) is 5.10 Å². The van der Waals surface area contributed by atoms with E-state index in [1.807, 2.05) is 18.2 Å². The van der Waals surface area contributed by atoms with Crippen molar-refractivity contribution in [2.75, 3.05) is 12.4 Å². The monoisotopic (exact) mass is 417 g/mol. The van der Waals surface area contributed by atoms with E-state index >= 15 is 0 Å². The Balaban J connectivity index is 1.84. The number of hydrogen-bond acceptors (Lipinski definition) is 4. The fraction of sp³-hybridized carbons (Fsp3) is 0.150. The molecule has 1 N–H and O–H groups in total. The first-order valence-electron chi connectivity index (χ1n) is 8.36. The summed E-state index contributed by atoms with van der Waals surface area (Å²) in [6, 6.07) is 13.8. The van der Waals surface area contributed by atoms with Crippen LogP contribution in [0, 0.1) is 6.92 Å². The molecule has 3 aromatic rings. The minimum atomic E-state index is -0.488. The van der Waals surface area contributed by atoms with Gasteiger partial charge < -0.3 is 10.1 Å². The van der Waals surface area contributed by atoms with Crippen LogP contribution in [-0.2, 0) is 11.3 Å². The Morgan fingerprint density at radius 1 is 1.14 bits per heavy atom. The Kier molecular flexibility index (Phi) is 6.02. The first kappa shape index (κ1) is 19.9. The van der Waals surface area contributed by atoms with E-state index < -0.39 is 11.9 Å². The molecule has 0 saturated heterocycles. The summed E-state index contributed by atoms with van der Waals surface area (Å²) in [5, 5.41) is 7.90. The van der Waals surface area contributed by atoms with Crippen LogP contribution >= 0.6 is 23.2 Å². The van der Waals surface area contributed by atoms with Gasteiger partial charge in [0.25, 0.3) is 5.91 Å². The highest BCUT2D eigenvalue weighted by Gasteiger charge is 2.21. The van der Waals surface area contributed by atoms with Gasteiger partial charge in [-0.15, -0.1) is 0 Å². The zero-order valence-electron chi connectivity index (χ0n) is 15.2. The first-order valence-corrected chi connectivity index (χ1v) is 9.12. The molecule has 0 unspecified atom stereocenters. The highest BCUT2D eigenvalue weighted by molar-refractivity contribution is 6.34. The minimum Gasteiger partial charge on any atom is -0.465 e. The minimum absolute atomic E-state index is 0.207. The molecule has 1 aromatic heterocycles. The van der Waals surface area contributed by atoms with Crippen molar-refractivity contribution >= 4 is 40.8 Å². The summed E-state index contributed by atoms with van der Waals surface area (Å²) in [7, 11) is 1.30. The van der Waals surface area contributed by atoms with Crippen molar-refractivity contribution < 1.29 is 14.3 Å². The number of benzene rings is 2. The summed E-state index contributed by atoms with van der Waals surface area (Å²) in [5.41, 5.74) is 2.36. The lowest BCUT2D eigenvalue weighted by atomic mass is 10.2. The third-order valence-corrected chi connectivity index (χ3v) is 4.86. The topological polar surface area (TPSA) is 73.2 Å². The number of ether oxygens (including phenoxy) is 1. The van der Waals surface area contributed by atoms with Crippen molar-refractivity contribution in [2.24, 2.45) is 0 Å². The molecule has 0 spiro atoms. The van der Waals surface area contributed by atoms with Gasteiger partial charge in [-0.05, 0) is 36.8 Å². The van der Waals surface area contributed by atoms with Gasteiger partial charge >= 0.3 is 5.97 Å². The first-order chi connectivity index (χ1) is 13.4. The summed E-state index contributed by atoms with van der Waals surface area (Å²) < 4.78 is 6.22. The number of nitrogens with zero attached hydrogens (tertiary/aromatic N) is 2. The molecule has 0 saturated carbocycles. The van der Waals surface area contributed by atoms with E-state index in [2.05, 4.69) is 10.4 Å². The number of rotatable bonds is 5. The van der Waals surface area contributed by atoms with E-state index in [4.69, 9.17) is 27.9 Å². The van der Waals surface area contributed by atoms with Crippen LogP contribution in [0.25, 0.3) is 0 Å². The quantitative estimate of drug-likeness (QED) is 0.616. The van der Waals surface area contributed by atoms with Crippen LogP contribution in [0.5, 0.6) is 0 Å². The van der Waals surface area contributed by atoms with Crippen LogP contribution in [0.15, 0.2) is 48.5 Å². The molecule has 0 aliphatic rings. The molecular weight excluding hydrogens is 401 g/mol. The van der Waals surface area contributed by atoms with Crippen LogP contribution in [0.4, 0.5) is 5.69 Å². The number of aryl methyl sites for hydroxylation is 1. The van der Waals surface area contributed by atoms with Gasteiger partial charge in [-0.25, -0.2) is 9.48 Å². The summed E-state index contributed by atoms with van der Waals surface area (Å²) >= 11 is 12.6. The van der Waals surface area contributed by atoms with Crippen molar-refractivity contribution in [3.05, 3.63) is 81.1 Å². The summed E-state index contributed by atoms with van der Waals surface area (Å²) in [4.78, 5) is 24.4. The Hall–Kier alpha value is -2.83.